The van der Waals surface area contributed by atoms with Crippen LogP contribution in [-0.4, -0.2) is 37.2 Å². The Bertz CT molecular complexity index is 1480. The van der Waals surface area contributed by atoms with Crippen LogP contribution in [0.3, 0.4) is 0 Å². The number of hydrogen-bond acceptors (Lipinski definition) is 6. The van der Waals surface area contributed by atoms with Crippen LogP contribution in [0.15, 0.2) is 108 Å². The predicted octanol–water partition coefficient (Wildman–Crippen LogP) is 4.78. The SMILES string of the molecule is COC(=O)/C(=C(/C(=O)OC)P(c1ccccc1)c1ccccc1)C1C=Cc2ccc3cccnc3c2N1. The van der Waals surface area contributed by atoms with Crippen LogP contribution in [0.4, 0.5) is 5.69 Å². The number of carbonyl (C=O) groups is 2. The maximum atomic E-state index is 13.5. The van der Waals surface area contributed by atoms with Gasteiger partial charge in [0.25, 0.3) is 0 Å². The molecular weight excluding hydrogens is 483 g/mol. The van der Waals surface area contributed by atoms with E-state index < -0.39 is 25.9 Å². The molecule has 0 saturated heterocycles. The standard InChI is InChI=1S/C30H25N2O4P/c1-35-29(33)25(24-18-17-21-16-15-20-10-9-19-31-26(20)27(21)32-24)28(30(34)36-2)37(22-11-5-3-6-12-22)23-13-7-4-8-14-23/h3-19,24,32H,1-2H3/b28-25-. The molecule has 0 aliphatic carbocycles. The summed E-state index contributed by atoms with van der Waals surface area (Å²) in [6, 6.07) is 26.6. The van der Waals surface area contributed by atoms with Crippen molar-refractivity contribution in [3.05, 3.63) is 114 Å². The number of ether oxygens (including phenoxy) is 2. The Labute approximate surface area is 216 Å². The molecule has 1 atom stereocenters. The van der Waals surface area contributed by atoms with Gasteiger partial charge in [-0.1, -0.05) is 91.0 Å². The van der Waals surface area contributed by atoms with Crippen molar-refractivity contribution in [1.29, 1.82) is 0 Å². The highest BCUT2D eigenvalue weighted by Gasteiger charge is 2.36. The predicted molar refractivity (Wildman–Crippen MR) is 148 cm³/mol. The molecule has 4 aromatic rings. The lowest BCUT2D eigenvalue weighted by Crippen LogP contribution is -2.32. The minimum absolute atomic E-state index is 0.211. The van der Waals surface area contributed by atoms with Crippen molar-refractivity contribution in [1.82, 2.24) is 4.98 Å². The maximum absolute atomic E-state index is 13.5. The first-order valence-electron chi connectivity index (χ1n) is 11.8. The van der Waals surface area contributed by atoms with Crippen LogP contribution in [0.1, 0.15) is 5.56 Å². The van der Waals surface area contributed by atoms with Crippen molar-refractivity contribution in [2.75, 3.05) is 19.5 Å². The summed E-state index contributed by atoms with van der Waals surface area (Å²) in [7, 11) is 1.20. The number of nitrogens with zero attached hydrogens (tertiary/aromatic N) is 1. The van der Waals surface area contributed by atoms with Crippen molar-refractivity contribution in [3.63, 3.8) is 0 Å². The van der Waals surface area contributed by atoms with Crippen LogP contribution >= 0.6 is 7.92 Å². The molecular formula is C30H25N2O4P. The molecule has 0 spiro atoms. The minimum Gasteiger partial charge on any atom is -0.466 e. The molecule has 1 N–H and O–H groups in total. The van der Waals surface area contributed by atoms with Crippen LogP contribution in [0, 0.1) is 0 Å². The Morgan fingerprint density at radius 1 is 0.811 bits per heavy atom. The average Bonchev–Trinajstić information content (AvgIpc) is 2.97. The largest absolute Gasteiger partial charge is 0.466 e. The highest BCUT2D eigenvalue weighted by Crippen LogP contribution is 2.47. The van der Waals surface area contributed by atoms with E-state index in [-0.39, 0.29) is 10.9 Å². The number of pyridine rings is 1. The third-order valence-corrected chi connectivity index (χ3v) is 8.68. The topological polar surface area (TPSA) is 77.5 Å². The van der Waals surface area contributed by atoms with Gasteiger partial charge in [0.15, 0.2) is 0 Å². The van der Waals surface area contributed by atoms with E-state index in [1.165, 1.54) is 14.2 Å². The van der Waals surface area contributed by atoms with Gasteiger partial charge in [0.2, 0.25) is 0 Å². The minimum atomic E-state index is -1.45. The Hall–Kier alpha value is -4.28. The molecule has 7 heteroatoms. The summed E-state index contributed by atoms with van der Waals surface area (Å²) < 4.78 is 10.5. The second-order valence-corrected chi connectivity index (χ2v) is 10.5. The van der Waals surface area contributed by atoms with Crippen molar-refractivity contribution in [3.8, 4) is 0 Å². The van der Waals surface area contributed by atoms with E-state index >= 15 is 0 Å². The van der Waals surface area contributed by atoms with Gasteiger partial charge in [0.1, 0.15) is 0 Å². The Morgan fingerprint density at radius 2 is 1.46 bits per heavy atom. The molecule has 5 rings (SSSR count). The molecule has 6 nitrogen and oxygen atoms in total. The summed E-state index contributed by atoms with van der Waals surface area (Å²) in [6.45, 7) is 0. The van der Waals surface area contributed by atoms with Gasteiger partial charge in [-0.05, 0) is 30.2 Å². The Morgan fingerprint density at radius 3 is 2.08 bits per heavy atom. The molecule has 0 radical (unpaired) electrons. The highest BCUT2D eigenvalue weighted by molar-refractivity contribution is 7.77. The molecule has 184 valence electrons. The first-order chi connectivity index (χ1) is 18.1. The van der Waals surface area contributed by atoms with E-state index in [2.05, 4.69) is 10.3 Å². The summed E-state index contributed by atoms with van der Waals surface area (Å²) in [5.74, 6) is -1.17. The molecule has 0 fully saturated rings. The number of methoxy groups -OCH3 is 2. The molecule has 0 amide bonds. The Kier molecular flexibility index (Phi) is 7.11. The summed E-state index contributed by atoms with van der Waals surface area (Å²) in [6.07, 6.45) is 5.55. The second-order valence-electron chi connectivity index (χ2n) is 8.34. The van der Waals surface area contributed by atoms with Gasteiger partial charge in [-0.3, -0.25) is 4.98 Å². The van der Waals surface area contributed by atoms with E-state index in [1.54, 1.807) is 6.20 Å². The normalized spacial score (nSPS) is 14.9. The zero-order chi connectivity index (χ0) is 25.8. The maximum Gasteiger partial charge on any atom is 0.339 e. The number of nitrogens with one attached hydrogen (secondary N) is 1. The summed E-state index contributed by atoms with van der Waals surface area (Å²) in [5, 5.41) is 6.54. The fraction of sp³-hybridized carbons (Fsp3) is 0.100. The molecule has 1 aliphatic heterocycles. The van der Waals surface area contributed by atoms with E-state index in [1.807, 2.05) is 97.1 Å². The smallest absolute Gasteiger partial charge is 0.339 e. The molecule has 1 aliphatic rings. The number of anilines is 1. The van der Waals surface area contributed by atoms with Crippen molar-refractivity contribution in [2.45, 2.75) is 6.04 Å². The zero-order valence-corrected chi connectivity index (χ0v) is 21.3. The van der Waals surface area contributed by atoms with Crippen LogP contribution < -0.4 is 15.9 Å². The first kappa shape index (κ1) is 24.4. The number of rotatable bonds is 6. The van der Waals surface area contributed by atoms with Gasteiger partial charge in [-0.2, -0.15) is 0 Å². The molecule has 37 heavy (non-hydrogen) atoms. The van der Waals surface area contributed by atoms with Crippen LogP contribution in [-0.2, 0) is 19.1 Å². The summed E-state index contributed by atoms with van der Waals surface area (Å²) >= 11 is 0. The van der Waals surface area contributed by atoms with Crippen LogP contribution in [0.25, 0.3) is 17.0 Å². The molecule has 1 unspecified atom stereocenters. The lowest BCUT2D eigenvalue weighted by Gasteiger charge is -2.29. The fourth-order valence-electron chi connectivity index (χ4n) is 4.48. The number of aromatic nitrogens is 1. The lowest BCUT2D eigenvalue weighted by atomic mass is 9.97. The van der Waals surface area contributed by atoms with Gasteiger partial charge in [-0.25, -0.2) is 9.59 Å². The van der Waals surface area contributed by atoms with Gasteiger partial charge < -0.3 is 14.8 Å². The van der Waals surface area contributed by atoms with Crippen LogP contribution in [0.2, 0.25) is 0 Å². The van der Waals surface area contributed by atoms with Crippen molar-refractivity contribution < 1.29 is 19.1 Å². The molecule has 2 heterocycles. The van der Waals surface area contributed by atoms with E-state index in [9.17, 15) is 9.59 Å². The first-order valence-corrected chi connectivity index (χ1v) is 13.1. The van der Waals surface area contributed by atoms with Gasteiger partial charge in [0, 0.05) is 11.6 Å². The van der Waals surface area contributed by atoms with Gasteiger partial charge >= 0.3 is 11.9 Å². The Balaban J connectivity index is 1.75. The van der Waals surface area contributed by atoms with Crippen molar-refractivity contribution >= 4 is 53.1 Å². The number of benzene rings is 3. The summed E-state index contributed by atoms with van der Waals surface area (Å²) in [5.41, 5.74) is 2.73. The van der Waals surface area contributed by atoms with Gasteiger partial charge in [0.05, 0.1) is 42.4 Å². The average molecular weight is 509 g/mol. The van der Waals surface area contributed by atoms with E-state index in [0.717, 1.165) is 32.8 Å². The summed E-state index contributed by atoms with van der Waals surface area (Å²) in [4.78, 5) is 31.5. The number of esters is 2. The molecule has 3 aromatic carbocycles. The molecule has 0 bridgehead atoms. The third kappa shape index (κ3) is 4.76. The zero-order valence-electron chi connectivity index (χ0n) is 20.4. The van der Waals surface area contributed by atoms with Crippen LogP contribution in [0.5, 0.6) is 0 Å². The molecule has 1 aromatic heterocycles. The number of carbonyl (C=O) groups excluding carboxylic acids is 2. The highest BCUT2D eigenvalue weighted by atomic mass is 31.1. The van der Waals surface area contributed by atoms with Crippen molar-refractivity contribution in [2.24, 2.45) is 0 Å². The third-order valence-electron chi connectivity index (χ3n) is 6.18. The second kappa shape index (κ2) is 10.8. The van der Waals surface area contributed by atoms with E-state index in [0.29, 0.717) is 0 Å². The number of fused-ring (bicyclic) bond motifs is 3. The van der Waals surface area contributed by atoms with Gasteiger partial charge in [-0.15, -0.1) is 0 Å². The molecule has 0 saturated carbocycles. The monoisotopic (exact) mass is 508 g/mol. The number of hydrogen-bond donors (Lipinski definition) is 1. The lowest BCUT2D eigenvalue weighted by molar-refractivity contribution is -0.138. The quantitative estimate of drug-likeness (QED) is 0.230. The van der Waals surface area contributed by atoms with E-state index in [4.69, 9.17) is 9.47 Å². The fourth-order valence-corrected chi connectivity index (χ4v) is 6.98.